The number of nitrogens with one attached hydrogen (secondary N) is 1. The molecule has 2 rings (SSSR count). The first kappa shape index (κ1) is 20.6. The van der Waals surface area contributed by atoms with Crippen molar-refractivity contribution in [1.29, 1.82) is 0 Å². The van der Waals surface area contributed by atoms with E-state index in [1.807, 2.05) is 0 Å². The molecule has 0 radical (unpaired) electrons. The Kier molecular flexibility index (Phi) is 5.93. The molecule has 0 aliphatic carbocycles. The zero-order valence-electron chi connectivity index (χ0n) is 13.9. The fourth-order valence-electron chi connectivity index (χ4n) is 2.63. The van der Waals surface area contributed by atoms with Crippen molar-refractivity contribution in [3.63, 3.8) is 0 Å². The van der Waals surface area contributed by atoms with Gasteiger partial charge in [0.2, 0.25) is 11.5 Å². The van der Waals surface area contributed by atoms with Gasteiger partial charge < -0.3 is 20.3 Å². The van der Waals surface area contributed by atoms with Gasteiger partial charge >= 0.3 is 12.1 Å². The minimum atomic E-state index is -5.11. The van der Waals surface area contributed by atoms with Gasteiger partial charge in [0.1, 0.15) is 5.01 Å². The van der Waals surface area contributed by atoms with Crippen LogP contribution < -0.4 is 5.32 Å². The van der Waals surface area contributed by atoms with Crippen LogP contribution in [0.3, 0.4) is 0 Å². The number of thiazole rings is 1. The maximum Gasteiger partial charge on any atom is 0.424 e. The van der Waals surface area contributed by atoms with Gasteiger partial charge in [0.05, 0.1) is 11.8 Å². The number of aliphatic hydroxyl groups is 1. The Labute approximate surface area is 151 Å². The Morgan fingerprint density at radius 2 is 2.00 bits per heavy atom. The van der Waals surface area contributed by atoms with Crippen LogP contribution in [0, 0.1) is 12.3 Å². The lowest BCUT2D eigenvalue weighted by Gasteiger charge is -2.33. The Morgan fingerprint density at radius 3 is 2.46 bits per heavy atom. The lowest BCUT2D eigenvalue weighted by molar-refractivity contribution is -0.267. The molecule has 1 fully saturated rings. The van der Waals surface area contributed by atoms with Crippen LogP contribution in [0.25, 0.3) is 0 Å². The molecule has 0 bridgehead atoms. The fraction of sp³-hybridized carbons (Fsp3) is 0.667. The molecule has 146 valence electrons. The molecule has 0 spiro atoms. The molecule has 3 N–H and O–H groups in total. The highest BCUT2D eigenvalue weighted by molar-refractivity contribution is 7.09. The summed E-state index contributed by atoms with van der Waals surface area (Å²) < 4.78 is 45.2. The number of amides is 1. The number of hydrogen-bond acceptors (Lipinski definition) is 6. The number of alkyl halides is 3. The number of ether oxygens (including phenoxy) is 1. The Bertz CT molecular complexity index is 672. The number of hydrogen-bond donors (Lipinski definition) is 3. The largest absolute Gasteiger partial charge is 0.481 e. The van der Waals surface area contributed by atoms with Crippen molar-refractivity contribution in [3.8, 4) is 0 Å². The van der Waals surface area contributed by atoms with Gasteiger partial charge in [-0.15, -0.1) is 11.3 Å². The number of halogens is 3. The van der Waals surface area contributed by atoms with Crippen molar-refractivity contribution < 1.29 is 37.7 Å². The SMILES string of the molecule is Cc1csc(C(O)(CC(=O)NCC2(C(=O)O)CCOCC2)C(F)(F)F)n1. The highest BCUT2D eigenvalue weighted by Crippen LogP contribution is 2.42. The van der Waals surface area contributed by atoms with Gasteiger partial charge in [-0.1, -0.05) is 0 Å². The molecule has 0 aromatic carbocycles. The van der Waals surface area contributed by atoms with Crippen molar-refractivity contribution in [2.24, 2.45) is 5.41 Å². The number of carboxylic acid groups (broad SMARTS) is 1. The summed E-state index contributed by atoms with van der Waals surface area (Å²) in [5.41, 5.74) is -4.43. The van der Waals surface area contributed by atoms with Gasteiger partial charge in [0, 0.05) is 30.8 Å². The minimum absolute atomic E-state index is 0.137. The number of carbonyl (C=O) groups excluding carboxylic acids is 1. The third-order valence-electron chi connectivity index (χ3n) is 4.39. The lowest BCUT2D eigenvalue weighted by Crippen LogP contribution is -2.50. The van der Waals surface area contributed by atoms with Crippen LogP contribution in [0.1, 0.15) is 30.0 Å². The smallest absolute Gasteiger partial charge is 0.424 e. The number of aromatic nitrogens is 1. The first-order chi connectivity index (χ1) is 12.0. The molecule has 1 amide bonds. The third kappa shape index (κ3) is 4.15. The number of carbonyl (C=O) groups is 2. The topological polar surface area (TPSA) is 109 Å². The quantitative estimate of drug-likeness (QED) is 0.674. The van der Waals surface area contributed by atoms with Crippen molar-refractivity contribution in [2.45, 2.75) is 38.0 Å². The first-order valence-electron chi connectivity index (χ1n) is 7.80. The maximum absolute atomic E-state index is 13.4. The Morgan fingerprint density at radius 1 is 1.38 bits per heavy atom. The van der Waals surface area contributed by atoms with Crippen molar-refractivity contribution in [1.82, 2.24) is 10.3 Å². The van der Waals surface area contributed by atoms with Crippen LogP contribution in [-0.2, 0) is 19.9 Å². The van der Waals surface area contributed by atoms with E-state index >= 15 is 0 Å². The minimum Gasteiger partial charge on any atom is -0.481 e. The number of rotatable bonds is 6. The summed E-state index contributed by atoms with van der Waals surface area (Å²) in [6, 6.07) is 0. The van der Waals surface area contributed by atoms with E-state index in [0.717, 1.165) is 0 Å². The number of aryl methyl sites for hydroxylation is 1. The fourth-order valence-corrected chi connectivity index (χ4v) is 3.55. The molecule has 1 atom stereocenters. The molecular weight excluding hydrogens is 377 g/mol. The van der Waals surface area contributed by atoms with Gasteiger partial charge in [-0.2, -0.15) is 13.2 Å². The summed E-state index contributed by atoms with van der Waals surface area (Å²) in [4.78, 5) is 27.2. The summed E-state index contributed by atoms with van der Waals surface area (Å²) in [7, 11) is 0. The number of nitrogens with zero attached hydrogens (tertiary/aromatic N) is 1. The van der Waals surface area contributed by atoms with E-state index in [4.69, 9.17) is 4.74 Å². The molecule has 11 heteroatoms. The number of carboxylic acids is 1. The third-order valence-corrected chi connectivity index (χ3v) is 5.50. The second kappa shape index (κ2) is 7.49. The summed E-state index contributed by atoms with van der Waals surface area (Å²) in [6.45, 7) is 1.51. The Balaban J connectivity index is 2.11. The van der Waals surface area contributed by atoms with E-state index < -0.39 is 40.5 Å². The predicted molar refractivity (Wildman–Crippen MR) is 84.6 cm³/mol. The molecule has 1 aliphatic heterocycles. The molecule has 7 nitrogen and oxygen atoms in total. The van der Waals surface area contributed by atoms with E-state index in [-0.39, 0.29) is 32.6 Å². The monoisotopic (exact) mass is 396 g/mol. The average molecular weight is 396 g/mol. The van der Waals surface area contributed by atoms with Crippen molar-refractivity contribution in [2.75, 3.05) is 19.8 Å². The van der Waals surface area contributed by atoms with Crippen LogP contribution in [0.2, 0.25) is 0 Å². The number of aliphatic carboxylic acids is 1. The van der Waals surface area contributed by atoms with Crippen LogP contribution in [-0.4, -0.2) is 53.0 Å². The van der Waals surface area contributed by atoms with E-state index in [1.165, 1.54) is 12.3 Å². The van der Waals surface area contributed by atoms with Gasteiger partial charge in [-0.05, 0) is 19.8 Å². The van der Waals surface area contributed by atoms with E-state index in [2.05, 4.69) is 10.3 Å². The highest BCUT2D eigenvalue weighted by atomic mass is 32.1. The van der Waals surface area contributed by atoms with Crippen LogP contribution in [0.15, 0.2) is 5.38 Å². The van der Waals surface area contributed by atoms with Gasteiger partial charge in [0.15, 0.2) is 0 Å². The molecular formula is C15H19F3N2O5S. The molecule has 1 saturated heterocycles. The zero-order valence-corrected chi connectivity index (χ0v) is 14.7. The summed E-state index contributed by atoms with van der Waals surface area (Å²) in [5.74, 6) is -2.26. The Hall–Kier alpha value is -1.72. The van der Waals surface area contributed by atoms with E-state index in [9.17, 15) is 33.0 Å². The average Bonchev–Trinajstić information content (AvgIpc) is 2.99. The molecule has 1 aromatic heterocycles. The first-order valence-corrected chi connectivity index (χ1v) is 8.68. The molecule has 1 aliphatic rings. The molecule has 1 aromatic rings. The second-order valence-electron chi connectivity index (χ2n) is 6.30. The zero-order chi connectivity index (χ0) is 19.6. The van der Waals surface area contributed by atoms with Crippen molar-refractivity contribution >= 4 is 23.2 Å². The molecule has 1 unspecified atom stereocenters. The standard InChI is InChI=1S/C15H19F3N2O5S/c1-9-7-26-11(20-9)14(24,15(16,17)18)6-10(21)19-8-13(12(22)23)2-4-25-5-3-13/h7,24H,2-6,8H2,1H3,(H,19,21)(H,22,23). The summed E-state index contributed by atoms with van der Waals surface area (Å²) in [5, 5.41) is 22.5. The van der Waals surface area contributed by atoms with Crippen molar-refractivity contribution in [3.05, 3.63) is 16.1 Å². The maximum atomic E-state index is 13.4. The molecule has 2 heterocycles. The summed E-state index contributed by atoms with van der Waals surface area (Å²) >= 11 is 0.604. The lowest BCUT2D eigenvalue weighted by atomic mass is 9.80. The molecule has 0 saturated carbocycles. The van der Waals surface area contributed by atoms with Crippen LogP contribution >= 0.6 is 11.3 Å². The van der Waals surface area contributed by atoms with Gasteiger partial charge in [-0.25, -0.2) is 4.98 Å². The predicted octanol–water partition coefficient (Wildman–Crippen LogP) is 1.59. The van der Waals surface area contributed by atoms with E-state index in [1.54, 1.807) is 0 Å². The van der Waals surface area contributed by atoms with E-state index in [0.29, 0.717) is 17.0 Å². The van der Waals surface area contributed by atoms with Gasteiger partial charge in [0.25, 0.3) is 0 Å². The normalized spacial score (nSPS) is 19.6. The molecule has 26 heavy (non-hydrogen) atoms. The van der Waals surface area contributed by atoms with Crippen LogP contribution in [0.5, 0.6) is 0 Å². The van der Waals surface area contributed by atoms with Crippen LogP contribution in [0.4, 0.5) is 13.2 Å². The van der Waals surface area contributed by atoms with Gasteiger partial charge in [-0.3, -0.25) is 9.59 Å². The highest BCUT2D eigenvalue weighted by Gasteiger charge is 2.58. The summed E-state index contributed by atoms with van der Waals surface area (Å²) in [6.07, 6.45) is -6.14. The second-order valence-corrected chi connectivity index (χ2v) is 7.16.